The van der Waals surface area contributed by atoms with Gasteiger partial charge in [-0.1, -0.05) is 24.3 Å². The lowest BCUT2D eigenvalue weighted by atomic mass is 10.0. The third-order valence-corrected chi connectivity index (χ3v) is 6.46. The molecule has 0 aliphatic heterocycles. The molecular formula is C24H16F5NO5S. The molecule has 0 radical (unpaired) electrons. The van der Waals surface area contributed by atoms with Gasteiger partial charge in [0.25, 0.3) is 10.0 Å². The zero-order chi connectivity index (χ0) is 26.1. The van der Waals surface area contributed by atoms with E-state index in [-0.39, 0.29) is 33.7 Å². The van der Waals surface area contributed by atoms with E-state index in [1.807, 2.05) is 0 Å². The summed E-state index contributed by atoms with van der Waals surface area (Å²) in [7, 11) is -4.06. The number of hydrogen-bond acceptors (Lipinski definition) is 5. The molecule has 0 spiro atoms. The summed E-state index contributed by atoms with van der Waals surface area (Å²) in [6.45, 7) is -3.06. The number of fused-ring (bicyclic) bond motifs is 1. The van der Waals surface area contributed by atoms with Crippen molar-refractivity contribution in [2.24, 2.45) is 0 Å². The minimum Gasteiger partial charge on any atom is -0.435 e. The van der Waals surface area contributed by atoms with Gasteiger partial charge in [0, 0.05) is 17.5 Å². The number of halogens is 5. The van der Waals surface area contributed by atoms with Crippen LogP contribution in [0.4, 0.5) is 27.6 Å². The number of hydrogen-bond donors (Lipinski definition) is 1. The molecule has 6 nitrogen and oxygen atoms in total. The molecule has 0 saturated heterocycles. The number of nitrogens with one attached hydrogen (secondary N) is 1. The highest BCUT2D eigenvalue weighted by Crippen LogP contribution is 2.34. The van der Waals surface area contributed by atoms with Crippen molar-refractivity contribution >= 4 is 26.7 Å². The van der Waals surface area contributed by atoms with E-state index in [1.165, 1.54) is 60.7 Å². The average Bonchev–Trinajstić information content (AvgIpc) is 2.78. The Bertz CT molecular complexity index is 1560. The molecule has 0 aliphatic carbocycles. The lowest BCUT2D eigenvalue weighted by molar-refractivity contribution is -0.136. The van der Waals surface area contributed by atoms with Crippen LogP contribution in [-0.2, 0) is 22.6 Å². The van der Waals surface area contributed by atoms with Crippen molar-refractivity contribution < 1.29 is 39.5 Å². The molecule has 0 saturated carbocycles. The first-order valence-electron chi connectivity index (χ1n) is 10.2. The van der Waals surface area contributed by atoms with Gasteiger partial charge in [-0.2, -0.15) is 22.0 Å². The summed E-state index contributed by atoms with van der Waals surface area (Å²) in [5, 5.41) is -0.263. The van der Waals surface area contributed by atoms with Gasteiger partial charge in [0.05, 0.1) is 16.1 Å². The molecule has 0 aliphatic rings. The van der Waals surface area contributed by atoms with E-state index in [1.54, 1.807) is 0 Å². The van der Waals surface area contributed by atoms with Gasteiger partial charge in [-0.25, -0.2) is 13.2 Å². The highest BCUT2D eigenvalue weighted by molar-refractivity contribution is 7.92. The Hall–Kier alpha value is -3.93. The van der Waals surface area contributed by atoms with Crippen molar-refractivity contribution in [2.75, 3.05) is 4.72 Å². The van der Waals surface area contributed by atoms with Gasteiger partial charge in [-0.15, -0.1) is 0 Å². The summed E-state index contributed by atoms with van der Waals surface area (Å²) in [5.41, 5.74) is -1.32. The van der Waals surface area contributed by atoms with Gasteiger partial charge in [-0.3, -0.25) is 4.72 Å². The maximum absolute atomic E-state index is 13.4. The van der Waals surface area contributed by atoms with Crippen molar-refractivity contribution in [3.8, 4) is 5.75 Å². The molecular weight excluding hydrogens is 509 g/mol. The SMILES string of the molecule is O=c1cc(C(F)(F)F)c2cc(Cc3ccc(S(=O)(=O)Nc4cccc(OC(F)F)c4)cc3)ccc2o1. The lowest BCUT2D eigenvalue weighted by Gasteiger charge is -2.11. The molecule has 1 heterocycles. The van der Waals surface area contributed by atoms with Crippen LogP contribution in [0, 0.1) is 0 Å². The molecule has 4 aromatic rings. The van der Waals surface area contributed by atoms with Crippen LogP contribution in [0.3, 0.4) is 0 Å². The zero-order valence-electron chi connectivity index (χ0n) is 18.1. The first-order chi connectivity index (χ1) is 16.9. The molecule has 36 heavy (non-hydrogen) atoms. The Morgan fingerprint density at radius 1 is 0.917 bits per heavy atom. The zero-order valence-corrected chi connectivity index (χ0v) is 18.9. The first kappa shape index (κ1) is 25.2. The van der Waals surface area contributed by atoms with Gasteiger partial charge in [0.15, 0.2) is 0 Å². The summed E-state index contributed by atoms with van der Waals surface area (Å²) in [4.78, 5) is 11.3. The molecule has 0 atom stereocenters. The maximum Gasteiger partial charge on any atom is 0.417 e. The molecule has 0 unspecified atom stereocenters. The Morgan fingerprint density at radius 2 is 1.61 bits per heavy atom. The second-order valence-electron chi connectivity index (χ2n) is 7.64. The normalized spacial score (nSPS) is 12.2. The van der Waals surface area contributed by atoms with Crippen LogP contribution in [0.25, 0.3) is 11.0 Å². The van der Waals surface area contributed by atoms with E-state index in [0.717, 1.165) is 6.07 Å². The fraction of sp³-hybridized carbons (Fsp3) is 0.125. The van der Waals surface area contributed by atoms with Crippen LogP contribution in [-0.4, -0.2) is 15.0 Å². The highest BCUT2D eigenvalue weighted by atomic mass is 32.2. The second kappa shape index (κ2) is 9.61. The number of ether oxygens (including phenoxy) is 1. The molecule has 188 valence electrons. The van der Waals surface area contributed by atoms with Crippen LogP contribution in [0.15, 0.2) is 86.9 Å². The molecule has 1 aromatic heterocycles. The van der Waals surface area contributed by atoms with Crippen molar-refractivity contribution in [1.82, 2.24) is 0 Å². The van der Waals surface area contributed by atoms with Gasteiger partial charge in [0.2, 0.25) is 0 Å². The number of benzene rings is 3. The Balaban J connectivity index is 1.55. The van der Waals surface area contributed by atoms with Crippen molar-refractivity contribution in [3.63, 3.8) is 0 Å². The number of rotatable bonds is 7. The fourth-order valence-electron chi connectivity index (χ4n) is 3.53. The quantitative estimate of drug-likeness (QED) is 0.243. The number of alkyl halides is 5. The third-order valence-electron chi connectivity index (χ3n) is 5.07. The van der Waals surface area contributed by atoms with Gasteiger partial charge in [0.1, 0.15) is 11.3 Å². The summed E-state index contributed by atoms with van der Waals surface area (Å²) < 4.78 is 102. The van der Waals surface area contributed by atoms with Gasteiger partial charge in [-0.05, 0) is 53.9 Å². The van der Waals surface area contributed by atoms with Crippen LogP contribution >= 0.6 is 0 Å². The van der Waals surface area contributed by atoms with E-state index < -0.39 is 34.0 Å². The Kier molecular flexibility index (Phi) is 6.72. The molecule has 4 rings (SSSR count). The first-order valence-corrected chi connectivity index (χ1v) is 11.7. The van der Waals surface area contributed by atoms with Crippen molar-refractivity contribution in [1.29, 1.82) is 0 Å². The summed E-state index contributed by atoms with van der Waals surface area (Å²) in [5.74, 6) is -0.219. The molecule has 0 bridgehead atoms. The van der Waals surface area contributed by atoms with E-state index in [0.29, 0.717) is 17.2 Å². The summed E-state index contributed by atoms with van der Waals surface area (Å²) >= 11 is 0. The monoisotopic (exact) mass is 525 g/mol. The molecule has 12 heteroatoms. The third kappa shape index (κ3) is 5.82. The number of sulfonamides is 1. The van der Waals surface area contributed by atoms with Crippen molar-refractivity contribution in [3.05, 3.63) is 99.9 Å². The van der Waals surface area contributed by atoms with E-state index in [4.69, 9.17) is 4.42 Å². The predicted octanol–water partition coefficient (Wildman–Crippen LogP) is 5.80. The smallest absolute Gasteiger partial charge is 0.417 e. The van der Waals surface area contributed by atoms with Crippen LogP contribution in [0.2, 0.25) is 0 Å². The second-order valence-corrected chi connectivity index (χ2v) is 9.32. The van der Waals surface area contributed by atoms with Crippen molar-refractivity contribution in [2.45, 2.75) is 24.1 Å². The molecule has 3 aromatic carbocycles. The summed E-state index contributed by atoms with van der Waals surface area (Å²) in [6, 6.07) is 15.1. The van der Waals surface area contributed by atoms with Crippen LogP contribution in [0.5, 0.6) is 5.75 Å². The van der Waals surface area contributed by atoms with Gasteiger partial charge < -0.3 is 9.15 Å². The molecule has 0 amide bonds. The molecule has 1 N–H and O–H groups in total. The van der Waals surface area contributed by atoms with Gasteiger partial charge >= 0.3 is 18.4 Å². The predicted molar refractivity (Wildman–Crippen MR) is 121 cm³/mol. The topological polar surface area (TPSA) is 85.6 Å². The molecule has 0 fully saturated rings. The highest BCUT2D eigenvalue weighted by Gasteiger charge is 2.33. The van der Waals surface area contributed by atoms with Crippen LogP contribution < -0.4 is 15.1 Å². The lowest BCUT2D eigenvalue weighted by Crippen LogP contribution is -2.13. The largest absolute Gasteiger partial charge is 0.435 e. The average molecular weight is 525 g/mol. The van der Waals surface area contributed by atoms with E-state index >= 15 is 0 Å². The standard InChI is InChI=1S/C24H16F5NO5S/c25-23(26)34-17-3-1-2-16(12-17)30-36(32,33)18-7-4-14(5-8-18)10-15-6-9-21-19(11-15)20(24(27,28)29)13-22(31)35-21/h1-9,11-13,23,30H,10H2. The Morgan fingerprint density at radius 3 is 2.28 bits per heavy atom. The van der Waals surface area contributed by atoms with Crippen LogP contribution in [0.1, 0.15) is 16.7 Å². The van der Waals surface area contributed by atoms with E-state index in [9.17, 15) is 35.2 Å². The summed E-state index contributed by atoms with van der Waals surface area (Å²) in [6.07, 6.45) is -4.58. The van der Waals surface area contributed by atoms with E-state index in [2.05, 4.69) is 9.46 Å². The Labute approximate surface area is 201 Å². The minimum absolute atomic E-state index is 0.0144. The fourth-order valence-corrected chi connectivity index (χ4v) is 4.58. The minimum atomic E-state index is -4.75. The maximum atomic E-state index is 13.4. The number of anilines is 1.